The van der Waals surface area contributed by atoms with Crippen LogP contribution in [0, 0.1) is 0 Å². The normalized spacial score (nSPS) is 11.2. The number of benzene rings is 1. The summed E-state index contributed by atoms with van der Waals surface area (Å²) in [5, 5.41) is 6.65. The maximum atomic E-state index is 12.3. The molecule has 0 unspecified atom stereocenters. The molecular formula is C15H23ClN2O2. The molecule has 0 saturated heterocycles. The Hall–Kier alpha value is -1.26. The zero-order valence-electron chi connectivity index (χ0n) is 12.5. The second-order valence-corrected chi connectivity index (χ2v) is 5.70. The third-order valence-electron chi connectivity index (χ3n) is 3.02. The van der Waals surface area contributed by atoms with Crippen molar-refractivity contribution in [2.75, 3.05) is 25.5 Å². The van der Waals surface area contributed by atoms with Gasteiger partial charge in [0.25, 0.3) is 5.91 Å². The minimum absolute atomic E-state index is 0.156. The number of hydrogen-bond acceptors (Lipinski definition) is 3. The summed E-state index contributed by atoms with van der Waals surface area (Å²) in [5.41, 5.74) is 0.951. The molecule has 1 aromatic carbocycles. The molecule has 5 heteroatoms. The maximum Gasteiger partial charge on any atom is 0.253 e. The lowest BCUT2D eigenvalue weighted by Crippen LogP contribution is -2.39. The molecule has 1 aromatic rings. The standard InChI is InChI=1S/C15H23ClN2O2/c1-5-8-17-13-7-6-11(16)9-12(13)14(19)18-10-15(2,3)20-4/h6-7,9,17H,5,8,10H2,1-4H3,(H,18,19). The number of rotatable bonds is 7. The first kappa shape index (κ1) is 16.8. The van der Waals surface area contributed by atoms with Gasteiger partial charge >= 0.3 is 0 Å². The molecule has 1 rings (SSSR count). The lowest BCUT2D eigenvalue weighted by molar-refractivity contribution is 0.0229. The number of carbonyl (C=O) groups is 1. The first-order valence-electron chi connectivity index (χ1n) is 6.76. The van der Waals surface area contributed by atoms with Gasteiger partial charge in [-0.15, -0.1) is 0 Å². The molecule has 0 heterocycles. The van der Waals surface area contributed by atoms with E-state index in [1.54, 1.807) is 19.2 Å². The Morgan fingerprint density at radius 1 is 1.40 bits per heavy atom. The van der Waals surface area contributed by atoms with Gasteiger partial charge in [0.1, 0.15) is 0 Å². The molecule has 0 spiro atoms. The summed E-state index contributed by atoms with van der Waals surface area (Å²) in [6.07, 6.45) is 0.986. The summed E-state index contributed by atoms with van der Waals surface area (Å²) in [5.74, 6) is -0.156. The van der Waals surface area contributed by atoms with Gasteiger partial charge in [-0.05, 0) is 38.5 Å². The summed E-state index contributed by atoms with van der Waals surface area (Å²) >= 11 is 5.98. The molecule has 0 radical (unpaired) electrons. The van der Waals surface area contributed by atoms with Crippen LogP contribution in [0.1, 0.15) is 37.6 Å². The van der Waals surface area contributed by atoms with Gasteiger partial charge in [0.2, 0.25) is 0 Å². The second-order valence-electron chi connectivity index (χ2n) is 5.26. The summed E-state index contributed by atoms with van der Waals surface area (Å²) in [6, 6.07) is 5.28. The topological polar surface area (TPSA) is 50.4 Å². The predicted octanol–water partition coefficient (Wildman–Crippen LogP) is 3.32. The van der Waals surface area contributed by atoms with E-state index in [2.05, 4.69) is 17.6 Å². The smallest absolute Gasteiger partial charge is 0.253 e. The van der Waals surface area contributed by atoms with Crippen LogP contribution >= 0.6 is 11.6 Å². The summed E-state index contributed by atoms with van der Waals surface area (Å²) < 4.78 is 5.29. The number of nitrogens with one attached hydrogen (secondary N) is 2. The lowest BCUT2D eigenvalue weighted by Gasteiger charge is -2.23. The van der Waals surface area contributed by atoms with Gasteiger partial charge in [-0.25, -0.2) is 0 Å². The first-order chi connectivity index (χ1) is 9.39. The van der Waals surface area contributed by atoms with Crippen molar-refractivity contribution in [3.05, 3.63) is 28.8 Å². The maximum absolute atomic E-state index is 12.3. The van der Waals surface area contributed by atoms with Crippen molar-refractivity contribution < 1.29 is 9.53 Å². The zero-order valence-corrected chi connectivity index (χ0v) is 13.3. The van der Waals surface area contributed by atoms with Gasteiger partial charge in [-0.1, -0.05) is 18.5 Å². The highest BCUT2D eigenvalue weighted by atomic mass is 35.5. The highest BCUT2D eigenvalue weighted by Gasteiger charge is 2.19. The summed E-state index contributed by atoms with van der Waals surface area (Å²) in [4.78, 5) is 12.3. The number of carbonyl (C=O) groups excluding carboxylic acids is 1. The van der Waals surface area contributed by atoms with Crippen LogP contribution in [-0.4, -0.2) is 31.7 Å². The van der Waals surface area contributed by atoms with Crippen LogP contribution in [0.15, 0.2) is 18.2 Å². The van der Waals surface area contributed by atoms with Crippen LogP contribution < -0.4 is 10.6 Å². The van der Waals surface area contributed by atoms with Crippen LogP contribution in [0.5, 0.6) is 0 Å². The van der Waals surface area contributed by atoms with E-state index in [1.165, 1.54) is 0 Å². The molecule has 2 N–H and O–H groups in total. The number of ether oxygens (including phenoxy) is 1. The number of amides is 1. The Kier molecular flexibility index (Phi) is 6.30. The molecule has 0 aliphatic carbocycles. The van der Waals surface area contributed by atoms with Gasteiger partial charge in [0.05, 0.1) is 11.2 Å². The van der Waals surface area contributed by atoms with Gasteiger partial charge in [-0.3, -0.25) is 4.79 Å². The van der Waals surface area contributed by atoms with E-state index in [-0.39, 0.29) is 5.91 Å². The molecule has 0 fully saturated rings. The quantitative estimate of drug-likeness (QED) is 0.812. The van der Waals surface area contributed by atoms with E-state index in [0.717, 1.165) is 18.7 Å². The largest absolute Gasteiger partial charge is 0.384 e. The molecule has 0 aliphatic rings. The molecular weight excluding hydrogens is 276 g/mol. The van der Waals surface area contributed by atoms with Crippen LogP contribution in [0.3, 0.4) is 0 Å². The van der Waals surface area contributed by atoms with E-state index in [0.29, 0.717) is 17.1 Å². The van der Waals surface area contributed by atoms with E-state index in [9.17, 15) is 4.79 Å². The number of halogens is 1. The van der Waals surface area contributed by atoms with Crippen LogP contribution in [0.4, 0.5) is 5.69 Å². The minimum Gasteiger partial charge on any atom is -0.384 e. The highest BCUT2D eigenvalue weighted by molar-refractivity contribution is 6.31. The molecule has 1 amide bonds. The average Bonchev–Trinajstić information content (AvgIpc) is 2.43. The number of methoxy groups -OCH3 is 1. The second kappa shape index (κ2) is 7.50. The molecule has 112 valence electrons. The zero-order chi connectivity index (χ0) is 15.2. The fourth-order valence-corrected chi connectivity index (χ4v) is 1.75. The average molecular weight is 299 g/mol. The number of anilines is 1. The lowest BCUT2D eigenvalue weighted by atomic mass is 10.1. The molecule has 0 atom stereocenters. The molecule has 0 saturated carbocycles. The highest BCUT2D eigenvalue weighted by Crippen LogP contribution is 2.21. The summed E-state index contributed by atoms with van der Waals surface area (Å²) in [7, 11) is 1.62. The first-order valence-corrected chi connectivity index (χ1v) is 7.14. The van der Waals surface area contributed by atoms with E-state index in [4.69, 9.17) is 16.3 Å². The molecule has 4 nitrogen and oxygen atoms in total. The third-order valence-corrected chi connectivity index (χ3v) is 3.25. The molecule has 20 heavy (non-hydrogen) atoms. The van der Waals surface area contributed by atoms with Gasteiger partial charge < -0.3 is 15.4 Å². The van der Waals surface area contributed by atoms with Crippen LogP contribution in [-0.2, 0) is 4.74 Å². The van der Waals surface area contributed by atoms with Crippen molar-refractivity contribution >= 4 is 23.2 Å². The van der Waals surface area contributed by atoms with E-state index in [1.807, 2.05) is 19.9 Å². The Labute approximate surface area is 125 Å². The fourth-order valence-electron chi connectivity index (χ4n) is 1.58. The van der Waals surface area contributed by atoms with Gasteiger partial charge in [0.15, 0.2) is 0 Å². The molecule has 0 bridgehead atoms. The Morgan fingerprint density at radius 3 is 2.70 bits per heavy atom. The van der Waals surface area contributed by atoms with Crippen molar-refractivity contribution in [2.45, 2.75) is 32.8 Å². The van der Waals surface area contributed by atoms with Crippen molar-refractivity contribution in [2.24, 2.45) is 0 Å². The van der Waals surface area contributed by atoms with E-state index < -0.39 is 5.60 Å². The fraction of sp³-hybridized carbons (Fsp3) is 0.533. The van der Waals surface area contributed by atoms with Gasteiger partial charge in [-0.2, -0.15) is 0 Å². The monoisotopic (exact) mass is 298 g/mol. The Bertz CT molecular complexity index is 461. The third kappa shape index (κ3) is 5.02. The van der Waals surface area contributed by atoms with Crippen molar-refractivity contribution in [1.82, 2.24) is 5.32 Å². The molecule has 0 aromatic heterocycles. The van der Waals surface area contributed by atoms with Crippen LogP contribution in [0.2, 0.25) is 5.02 Å². The Balaban J connectivity index is 2.82. The SMILES string of the molecule is CCCNc1ccc(Cl)cc1C(=O)NCC(C)(C)OC. The molecule has 0 aliphatic heterocycles. The van der Waals surface area contributed by atoms with Crippen molar-refractivity contribution in [1.29, 1.82) is 0 Å². The predicted molar refractivity (Wildman–Crippen MR) is 83.7 cm³/mol. The summed E-state index contributed by atoms with van der Waals surface area (Å²) in [6.45, 7) is 7.15. The number of hydrogen-bond donors (Lipinski definition) is 2. The van der Waals surface area contributed by atoms with E-state index >= 15 is 0 Å². The van der Waals surface area contributed by atoms with Crippen molar-refractivity contribution in [3.63, 3.8) is 0 Å². The minimum atomic E-state index is -0.398. The van der Waals surface area contributed by atoms with Gasteiger partial charge in [0, 0.05) is 30.9 Å². The Morgan fingerprint density at radius 2 is 2.10 bits per heavy atom. The van der Waals surface area contributed by atoms with Crippen LogP contribution in [0.25, 0.3) is 0 Å². The van der Waals surface area contributed by atoms with Crippen molar-refractivity contribution in [3.8, 4) is 0 Å².